The number of hydrogen-bond acceptors (Lipinski definition) is 7. The molecule has 1 fully saturated rings. The van der Waals surface area contributed by atoms with Crippen molar-refractivity contribution in [1.29, 1.82) is 0 Å². The molecule has 1 aliphatic heterocycles. The average Bonchev–Trinajstić information content (AvgIpc) is 3.13. The number of sulfonamides is 1. The Hall–Kier alpha value is -2.92. The summed E-state index contributed by atoms with van der Waals surface area (Å²) >= 11 is 0. The Balaban J connectivity index is 1.64. The van der Waals surface area contributed by atoms with Crippen molar-refractivity contribution in [2.24, 2.45) is 0 Å². The molecule has 9 nitrogen and oxygen atoms in total. The summed E-state index contributed by atoms with van der Waals surface area (Å²) in [4.78, 5) is 26.6. The predicted octanol–water partition coefficient (Wildman–Crippen LogP) is 2.07. The summed E-state index contributed by atoms with van der Waals surface area (Å²) in [5, 5.41) is 0. The van der Waals surface area contributed by atoms with Crippen molar-refractivity contribution in [3.8, 4) is 0 Å². The first-order chi connectivity index (χ1) is 15.5. The Bertz CT molecular complexity index is 1210. The SMILES string of the molecule is CCN(C(=O)C(C)OC(=O)c1ccc(S(=O)(=O)Nc2ccccc2)cc1)C1CCS(=O)(=O)C1. The van der Waals surface area contributed by atoms with E-state index in [1.54, 1.807) is 37.3 Å². The molecule has 178 valence electrons. The van der Waals surface area contributed by atoms with Crippen LogP contribution in [0.3, 0.4) is 0 Å². The molecule has 2 aromatic rings. The summed E-state index contributed by atoms with van der Waals surface area (Å²) in [7, 11) is -7.01. The molecule has 1 amide bonds. The smallest absolute Gasteiger partial charge is 0.338 e. The Morgan fingerprint density at radius 1 is 1.12 bits per heavy atom. The lowest BCUT2D eigenvalue weighted by Crippen LogP contribution is -2.46. The molecule has 0 bridgehead atoms. The predicted molar refractivity (Wildman–Crippen MR) is 123 cm³/mol. The fourth-order valence-corrected chi connectivity index (χ4v) is 6.41. The van der Waals surface area contributed by atoms with Gasteiger partial charge in [-0.15, -0.1) is 0 Å². The topological polar surface area (TPSA) is 127 Å². The number of hydrogen-bond donors (Lipinski definition) is 1. The van der Waals surface area contributed by atoms with Crippen LogP contribution < -0.4 is 4.72 Å². The number of esters is 1. The van der Waals surface area contributed by atoms with Crippen LogP contribution in [0.5, 0.6) is 0 Å². The van der Waals surface area contributed by atoms with Crippen molar-refractivity contribution in [1.82, 2.24) is 4.90 Å². The summed E-state index contributed by atoms with van der Waals surface area (Å²) in [6.45, 7) is 3.46. The van der Waals surface area contributed by atoms with Gasteiger partial charge in [0.25, 0.3) is 15.9 Å². The van der Waals surface area contributed by atoms with Crippen molar-refractivity contribution in [3.63, 3.8) is 0 Å². The minimum absolute atomic E-state index is 0.0317. The van der Waals surface area contributed by atoms with Gasteiger partial charge in [0.2, 0.25) is 0 Å². The third-order valence-corrected chi connectivity index (χ3v) is 8.48. The monoisotopic (exact) mass is 494 g/mol. The van der Waals surface area contributed by atoms with Gasteiger partial charge in [-0.25, -0.2) is 21.6 Å². The van der Waals surface area contributed by atoms with Gasteiger partial charge in [0.15, 0.2) is 15.9 Å². The third kappa shape index (κ3) is 6.11. The van der Waals surface area contributed by atoms with E-state index < -0.39 is 43.9 Å². The number of rotatable bonds is 8. The number of likely N-dealkylation sites (N-methyl/N-ethyl adjacent to an activating group) is 1. The molecule has 11 heteroatoms. The molecule has 0 aromatic heterocycles. The van der Waals surface area contributed by atoms with Crippen molar-refractivity contribution < 1.29 is 31.2 Å². The second-order valence-corrected chi connectivity index (χ2v) is 11.6. The number of sulfone groups is 1. The van der Waals surface area contributed by atoms with Gasteiger partial charge in [-0.05, 0) is 56.7 Å². The van der Waals surface area contributed by atoms with Crippen LogP contribution in [0.2, 0.25) is 0 Å². The third-order valence-electron chi connectivity index (χ3n) is 5.33. The van der Waals surface area contributed by atoms with Gasteiger partial charge in [-0.3, -0.25) is 9.52 Å². The molecule has 0 aliphatic carbocycles. The van der Waals surface area contributed by atoms with Crippen LogP contribution in [0.15, 0.2) is 59.5 Å². The van der Waals surface area contributed by atoms with Crippen molar-refractivity contribution in [2.45, 2.75) is 37.3 Å². The molecular formula is C22H26N2O7S2. The minimum Gasteiger partial charge on any atom is -0.449 e. The van der Waals surface area contributed by atoms with E-state index in [1.807, 2.05) is 0 Å². The maximum atomic E-state index is 12.8. The molecule has 0 radical (unpaired) electrons. The highest BCUT2D eigenvalue weighted by Gasteiger charge is 2.36. The zero-order valence-corrected chi connectivity index (χ0v) is 19.9. The maximum absolute atomic E-state index is 12.8. The molecule has 3 rings (SSSR count). The van der Waals surface area contributed by atoms with Crippen molar-refractivity contribution in [3.05, 3.63) is 60.2 Å². The van der Waals surface area contributed by atoms with E-state index in [2.05, 4.69) is 4.72 Å². The number of amides is 1. The van der Waals surface area contributed by atoms with E-state index in [0.717, 1.165) is 0 Å². The van der Waals surface area contributed by atoms with Crippen LogP contribution in [-0.4, -0.2) is 63.8 Å². The van der Waals surface area contributed by atoms with Crippen LogP contribution in [0.4, 0.5) is 5.69 Å². The molecule has 2 aromatic carbocycles. The second kappa shape index (κ2) is 9.92. The van der Waals surface area contributed by atoms with Crippen molar-refractivity contribution in [2.75, 3.05) is 22.8 Å². The maximum Gasteiger partial charge on any atom is 0.338 e. The van der Waals surface area contributed by atoms with Crippen molar-refractivity contribution >= 4 is 37.4 Å². The fourth-order valence-electron chi connectivity index (χ4n) is 3.62. The summed E-state index contributed by atoms with van der Waals surface area (Å²) in [6, 6.07) is 13.1. The van der Waals surface area contributed by atoms with E-state index >= 15 is 0 Å². The first-order valence-electron chi connectivity index (χ1n) is 10.4. The van der Waals surface area contributed by atoms with E-state index in [1.165, 1.54) is 36.1 Å². The molecule has 2 unspecified atom stereocenters. The molecule has 0 spiro atoms. The quantitative estimate of drug-likeness (QED) is 0.557. The normalized spacial score (nSPS) is 18.3. The number of nitrogens with one attached hydrogen (secondary N) is 1. The van der Waals surface area contributed by atoms with Gasteiger partial charge in [0.05, 0.1) is 22.0 Å². The number of nitrogens with zero attached hydrogens (tertiary/aromatic N) is 1. The number of carbonyl (C=O) groups excluding carboxylic acids is 2. The van der Waals surface area contributed by atoms with Gasteiger partial charge in [0.1, 0.15) is 0 Å². The van der Waals surface area contributed by atoms with Gasteiger partial charge in [-0.1, -0.05) is 18.2 Å². The first kappa shape index (κ1) is 24.7. The van der Waals surface area contributed by atoms with Gasteiger partial charge in [0, 0.05) is 18.3 Å². The number of ether oxygens (including phenoxy) is 1. The van der Waals surface area contributed by atoms with Crippen LogP contribution >= 0.6 is 0 Å². The molecule has 33 heavy (non-hydrogen) atoms. The van der Waals surface area contributed by atoms with Crippen LogP contribution in [0.25, 0.3) is 0 Å². The molecule has 2 atom stereocenters. The van der Waals surface area contributed by atoms with Gasteiger partial charge in [-0.2, -0.15) is 0 Å². The highest BCUT2D eigenvalue weighted by atomic mass is 32.2. The Labute approximate surface area is 193 Å². The second-order valence-electron chi connectivity index (χ2n) is 7.72. The number of para-hydroxylation sites is 1. The Kier molecular flexibility index (Phi) is 7.43. The Morgan fingerprint density at radius 2 is 1.76 bits per heavy atom. The standard InChI is InChI=1S/C22H26N2O7S2/c1-3-24(19-13-14-32(27,28)15-19)21(25)16(2)31-22(26)17-9-11-20(12-10-17)33(29,30)23-18-7-5-4-6-8-18/h4-12,16,19,23H,3,13-15H2,1-2H3. The highest BCUT2D eigenvalue weighted by Crippen LogP contribution is 2.20. The highest BCUT2D eigenvalue weighted by molar-refractivity contribution is 7.92. The van der Waals surface area contributed by atoms with Crippen LogP contribution in [-0.2, 0) is 29.4 Å². The first-order valence-corrected chi connectivity index (χ1v) is 13.7. The van der Waals surface area contributed by atoms with E-state index in [4.69, 9.17) is 4.74 Å². The lowest BCUT2D eigenvalue weighted by atomic mass is 10.2. The zero-order chi connectivity index (χ0) is 24.2. The lowest BCUT2D eigenvalue weighted by molar-refractivity contribution is -0.141. The Morgan fingerprint density at radius 3 is 2.30 bits per heavy atom. The van der Waals surface area contributed by atoms with E-state index in [-0.39, 0.29) is 22.0 Å². The van der Waals surface area contributed by atoms with Gasteiger partial charge >= 0.3 is 5.97 Å². The summed E-state index contributed by atoms with van der Waals surface area (Å²) in [6.07, 6.45) is -0.765. The molecule has 1 saturated heterocycles. The van der Waals surface area contributed by atoms with E-state index in [9.17, 15) is 26.4 Å². The number of anilines is 1. The molecule has 1 aliphatic rings. The average molecular weight is 495 g/mol. The van der Waals surface area contributed by atoms with Crippen LogP contribution in [0.1, 0.15) is 30.6 Å². The zero-order valence-electron chi connectivity index (χ0n) is 18.3. The van der Waals surface area contributed by atoms with Gasteiger partial charge < -0.3 is 9.64 Å². The number of benzene rings is 2. The largest absolute Gasteiger partial charge is 0.449 e. The summed E-state index contributed by atoms with van der Waals surface area (Å²) < 4.78 is 56.2. The molecular weight excluding hydrogens is 468 g/mol. The summed E-state index contributed by atoms with van der Waals surface area (Å²) in [5.74, 6) is -1.32. The van der Waals surface area contributed by atoms with E-state index in [0.29, 0.717) is 18.7 Å². The minimum atomic E-state index is -3.84. The van der Waals surface area contributed by atoms with Crippen LogP contribution in [0, 0.1) is 0 Å². The number of carbonyl (C=O) groups is 2. The molecule has 1 heterocycles. The molecule has 0 saturated carbocycles. The lowest BCUT2D eigenvalue weighted by Gasteiger charge is -2.29. The fraction of sp³-hybridized carbons (Fsp3) is 0.364. The molecule has 1 N–H and O–H groups in total. The summed E-state index contributed by atoms with van der Waals surface area (Å²) in [5.41, 5.74) is 0.490.